The number of hydrogen-bond acceptors (Lipinski definition) is 2. The Kier molecular flexibility index (Phi) is 12.3. The Bertz CT molecular complexity index is 150. The topological polar surface area (TPSA) is 21.3 Å². The highest BCUT2D eigenvalue weighted by Gasteiger charge is 2.13. The SMILES string of the molecule is CCCCC(CC)CC(CCCOC)NCC. The molecule has 0 saturated heterocycles. The molecule has 0 heterocycles. The second-order valence-electron chi connectivity index (χ2n) is 5.04. The van der Waals surface area contributed by atoms with Gasteiger partial charge in [-0.3, -0.25) is 0 Å². The van der Waals surface area contributed by atoms with E-state index in [1.807, 2.05) is 0 Å². The molecular formula is C15H33NO. The largest absolute Gasteiger partial charge is 0.385 e. The minimum Gasteiger partial charge on any atom is -0.385 e. The lowest BCUT2D eigenvalue weighted by molar-refractivity contribution is 0.186. The maximum absolute atomic E-state index is 5.14. The molecule has 1 N–H and O–H groups in total. The maximum Gasteiger partial charge on any atom is 0.0462 e. The summed E-state index contributed by atoms with van der Waals surface area (Å²) in [6.07, 6.45) is 9.21. The van der Waals surface area contributed by atoms with E-state index in [-0.39, 0.29) is 0 Å². The number of unbranched alkanes of at least 4 members (excludes halogenated alkanes) is 1. The molecule has 0 radical (unpaired) electrons. The van der Waals surface area contributed by atoms with Crippen molar-refractivity contribution in [3.63, 3.8) is 0 Å². The number of ether oxygens (including phenoxy) is 1. The van der Waals surface area contributed by atoms with Gasteiger partial charge < -0.3 is 10.1 Å². The van der Waals surface area contributed by atoms with E-state index >= 15 is 0 Å². The fraction of sp³-hybridized carbons (Fsp3) is 1.00. The first-order valence-electron chi connectivity index (χ1n) is 7.50. The molecule has 0 fully saturated rings. The Morgan fingerprint density at radius 2 is 1.82 bits per heavy atom. The summed E-state index contributed by atoms with van der Waals surface area (Å²) in [5.74, 6) is 0.904. The Morgan fingerprint density at radius 3 is 2.35 bits per heavy atom. The van der Waals surface area contributed by atoms with Crippen LogP contribution in [0.1, 0.15) is 65.7 Å². The van der Waals surface area contributed by atoms with Gasteiger partial charge in [0.1, 0.15) is 0 Å². The smallest absolute Gasteiger partial charge is 0.0462 e. The summed E-state index contributed by atoms with van der Waals surface area (Å²) in [6.45, 7) is 8.80. The summed E-state index contributed by atoms with van der Waals surface area (Å²) in [4.78, 5) is 0. The van der Waals surface area contributed by atoms with Crippen LogP contribution >= 0.6 is 0 Å². The Balaban J connectivity index is 3.91. The zero-order valence-corrected chi connectivity index (χ0v) is 12.4. The molecule has 0 spiro atoms. The van der Waals surface area contributed by atoms with Crippen molar-refractivity contribution in [1.82, 2.24) is 5.32 Å². The van der Waals surface area contributed by atoms with Crippen molar-refractivity contribution in [3.05, 3.63) is 0 Å². The molecule has 2 atom stereocenters. The second kappa shape index (κ2) is 12.4. The van der Waals surface area contributed by atoms with Crippen LogP contribution in [0, 0.1) is 5.92 Å². The van der Waals surface area contributed by atoms with Crippen LogP contribution < -0.4 is 5.32 Å². The maximum atomic E-state index is 5.14. The Hall–Kier alpha value is -0.0800. The van der Waals surface area contributed by atoms with Crippen LogP contribution in [0.25, 0.3) is 0 Å². The third-order valence-corrected chi connectivity index (χ3v) is 3.55. The van der Waals surface area contributed by atoms with Crippen molar-refractivity contribution < 1.29 is 4.74 Å². The average Bonchev–Trinajstić information content (AvgIpc) is 2.34. The summed E-state index contributed by atoms with van der Waals surface area (Å²) in [6, 6.07) is 0.692. The molecule has 0 aromatic rings. The zero-order valence-electron chi connectivity index (χ0n) is 12.4. The van der Waals surface area contributed by atoms with Crippen LogP contribution in [0.5, 0.6) is 0 Å². The van der Waals surface area contributed by atoms with Crippen molar-refractivity contribution in [2.75, 3.05) is 20.3 Å². The minimum absolute atomic E-state index is 0.692. The summed E-state index contributed by atoms with van der Waals surface area (Å²) in [5.41, 5.74) is 0. The molecule has 0 aliphatic carbocycles. The summed E-state index contributed by atoms with van der Waals surface area (Å²) < 4.78 is 5.14. The molecule has 2 heteroatoms. The number of rotatable bonds is 12. The first kappa shape index (κ1) is 16.9. The fourth-order valence-electron chi connectivity index (χ4n) is 2.45. The van der Waals surface area contributed by atoms with Crippen LogP contribution in [-0.4, -0.2) is 26.3 Å². The first-order valence-corrected chi connectivity index (χ1v) is 7.50. The van der Waals surface area contributed by atoms with Crippen LogP contribution in [0.15, 0.2) is 0 Å². The van der Waals surface area contributed by atoms with Gasteiger partial charge in [-0.25, -0.2) is 0 Å². The minimum atomic E-state index is 0.692. The highest BCUT2D eigenvalue weighted by atomic mass is 16.5. The van der Waals surface area contributed by atoms with E-state index in [9.17, 15) is 0 Å². The van der Waals surface area contributed by atoms with Gasteiger partial charge in [0.2, 0.25) is 0 Å². The lowest BCUT2D eigenvalue weighted by Crippen LogP contribution is -2.31. The monoisotopic (exact) mass is 243 g/mol. The molecule has 17 heavy (non-hydrogen) atoms. The molecule has 0 rings (SSSR count). The normalized spacial score (nSPS) is 14.8. The predicted molar refractivity (Wildman–Crippen MR) is 76.5 cm³/mol. The van der Waals surface area contributed by atoms with E-state index in [2.05, 4.69) is 26.1 Å². The van der Waals surface area contributed by atoms with Crippen LogP contribution in [0.3, 0.4) is 0 Å². The molecule has 2 unspecified atom stereocenters. The third-order valence-electron chi connectivity index (χ3n) is 3.55. The van der Waals surface area contributed by atoms with E-state index in [4.69, 9.17) is 4.74 Å². The van der Waals surface area contributed by atoms with E-state index in [1.54, 1.807) is 7.11 Å². The molecule has 0 aromatic carbocycles. The molecular weight excluding hydrogens is 210 g/mol. The number of nitrogens with one attached hydrogen (secondary N) is 1. The molecule has 0 bridgehead atoms. The van der Waals surface area contributed by atoms with E-state index in [0.29, 0.717) is 6.04 Å². The fourth-order valence-corrected chi connectivity index (χ4v) is 2.45. The van der Waals surface area contributed by atoms with Gasteiger partial charge in [-0.05, 0) is 31.7 Å². The molecule has 0 aliphatic rings. The van der Waals surface area contributed by atoms with Gasteiger partial charge in [0.15, 0.2) is 0 Å². The van der Waals surface area contributed by atoms with Gasteiger partial charge in [0.05, 0.1) is 0 Å². The van der Waals surface area contributed by atoms with Gasteiger partial charge in [-0.1, -0.05) is 46.5 Å². The summed E-state index contributed by atoms with van der Waals surface area (Å²) in [5, 5.41) is 3.63. The average molecular weight is 243 g/mol. The van der Waals surface area contributed by atoms with Crippen molar-refractivity contribution >= 4 is 0 Å². The molecule has 2 nitrogen and oxygen atoms in total. The molecule has 0 amide bonds. The highest BCUT2D eigenvalue weighted by molar-refractivity contribution is 4.71. The lowest BCUT2D eigenvalue weighted by atomic mass is 9.90. The van der Waals surface area contributed by atoms with E-state index in [0.717, 1.165) is 19.1 Å². The van der Waals surface area contributed by atoms with Crippen molar-refractivity contribution in [2.24, 2.45) is 5.92 Å². The Morgan fingerprint density at radius 1 is 1.06 bits per heavy atom. The van der Waals surface area contributed by atoms with E-state index in [1.165, 1.54) is 44.9 Å². The Labute approximate surface area is 109 Å². The van der Waals surface area contributed by atoms with Gasteiger partial charge in [0, 0.05) is 19.8 Å². The second-order valence-corrected chi connectivity index (χ2v) is 5.04. The van der Waals surface area contributed by atoms with Crippen LogP contribution in [0.2, 0.25) is 0 Å². The quantitative estimate of drug-likeness (QED) is 0.523. The first-order chi connectivity index (χ1) is 8.28. The standard InChI is InChI=1S/C15H33NO/c1-5-8-10-14(6-2)13-15(16-7-3)11-9-12-17-4/h14-16H,5-13H2,1-4H3. The highest BCUT2D eigenvalue weighted by Crippen LogP contribution is 2.20. The van der Waals surface area contributed by atoms with Gasteiger partial charge >= 0.3 is 0 Å². The lowest BCUT2D eigenvalue weighted by Gasteiger charge is -2.23. The molecule has 0 aromatic heterocycles. The van der Waals surface area contributed by atoms with Gasteiger partial charge in [0.25, 0.3) is 0 Å². The molecule has 0 saturated carbocycles. The van der Waals surface area contributed by atoms with Crippen LogP contribution in [-0.2, 0) is 4.74 Å². The molecule has 0 aliphatic heterocycles. The van der Waals surface area contributed by atoms with Crippen molar-refractivity contribution in [1.29, 1.82) is 0 Å². The predicted octanol–water partition coefficient (Wildman–Crippen LogP) is 4.00. The zero-order chi connectivity index (χ0) is 12.9. The third kappa shape index (κ3) is 9.61. The van der Waals surface area contributed by atoms with Gasteiger partial charge in [-0.15, -0.1) is 0 Å². The molecule has 104 valence electrons. The van der Waals surface area contributed by atoms with E-state index < -0.39 is 0 Å². The van der Waals surface area contributed by atoms with Crippen molar-refractivity contribution in [3.8, 4) is 0 Å². The summed E-state index contributed by atoms with van der Waals surface area (Å²) >= 11 is 0. The number of methoxy groups -OCH3 is 1. The number of hydrogen-bond donors (Lipinski definition) is 1. The van der Waals surface area contributed by atoms with Gasteiger partial charge in [-0.2, -0.15) is 0 Å². The summed E-state index contributed by atoms with van der Waals surface area (Å²) in [7, 11) is 1.79. The van der Waals surface area contributed by atoms with Crippen LogP contribution in [0.4, 0.5) is 0 Å². The van der Waals surface area contributed by atoms with Crippen molar-refractivity contribution in [2.45, 2.75) is 71.8 Å².